The summed E-state index contributed by atoms with van der Waals surface area (Å²) < 4.78 is 5.53. The van der Waals surface area contributed by atoms with Gasteiger partial charge in [-0.1, -0.05) is 29.8 Å². The summed E-state index contributed by atoms with van der Waals surface area (Å²) in [6.07, 6.45) is 0. The fraction of sp³-hybridized carbons (Fsp3) is 0.154. The van der Waals surface area contributed by atoms with Crippen molar-refractivity contribution in [2.75, 3.05) is 11.9 Å². The van der Waals surface area contributed by atoms with Gasteiger partial charge in [0.25, 0.3) is 5.69 Å². The van der Waals surface area contributed by atoms with E-state index >= 15 is 0 Å². The summed E-state index contributed by atoms with van der Waals surface area (Å²) in [5.74, 6) is 1.16. The average molecular weight is 292 g/mol. The lowest BCUT2D eigenvalue weighted by Crippen LogP contribution is -2.13. The molecule has 0 saturated carbocycles. The molecule has 6 nitrogen and oxygen atoms in total. The molecule has 20 heavy (non-hydrogen) atoms. The molecule has 1 aliphatic rings. The van der Waals surface area contributed by atoms with Crippen molar-refractivity contribution in [3.8, 4) is 5.75 Å². The van der Waals surface area contributed by atoms with E-state index in [-0.39, 0.29) is 16.9 Å². The van der Waals surface area contributed by atoms with Crippen LogP contribution in [0.3, 0.4) is 0 Å². The van der Waals surface area contributed by atoms with Gasteiger partial charge >= 0.3 is 0 Å². The van der Waals surface area contributed by atoms with Crippen LogP contribution in [0.5, 0.6) is 5.75 Å². The number of halogens is 1. The molecule has 1 unspecified atom stereocenters. The van der Waals surface area contributed by atoms with Crippen LogP contribution in [0, 0.1) is 10.1 Å². The molecule has 0 amide bonds. The van der Waals surface area contributed by atoms with E-state index in [0.29, 0.717) is 12.4 Å². The number of para-hydroxylation sites is 1. The Labute approximate surface area is 119 Å². The molecular weight excluding hydrogens is 282 g/mol. The molecule has 2 heterocycles. The van der Waals surface area contributed by atoms with Crippen LogP contribution in [0.2, 0.25) is 5.15 Å². The predicted octanol–water partition coefficient (Wildman–Crippen LogP) is 3.19. The number of aromatic nitrogens is 1. The van der Waals surface area contributed by atoms with E-state index in [1.165, 1.54) is 12.1 Å². The predicted molar refractivity (Wildman–Crippen MR) is 74.2 cm³/mol. The molecule has 0 bridgehead atoms. The van der Waals surface area contributed by atoms with Gasteiger partial charge in [-0.2, -0.15) is 0 Å². The number of fused-ring (bicyclic) bond motifs is 1. The highest BCUT2D eigenvalue weighted by molar-refractivity contribution is 6.29. The molecule has 2 aromatic rings. The number of rotatable bonds is 3. The topological polar surface area (TPSA) is 77.3 Å². The van der Waals surface area contributed by atoms with Gasteiger partial charge < -0.3 is 10.1 Å². The molecule has 0 fully saturated rings. The third kappa shape index (κ3) is 2.37. The number of hydrogen-bond acceptors (Lipinski definition) is 5. The molecule has 1 aliphatic heterocycles. The summed E-state index contributed by atoms with van der Waals surface area (Å²) in [6.45, 7) is 0.446. The number of benzene rings is 1. The molecule has 1 atom stereocenters. The number of anilines is 1. The number of nitrogens with one attached hydrogen (secondary N) is 1. The van der Waals surface area contributed by atoms with Gasteiger partial charge in [-0.25, -0.2) is 4.98 Å². The van der Waals surface area contributed by atoms with Crippen LogP contribution in [0.15, 0.2) is 36.4 Å². The Morgan fingerprint density at radius 1 is 1.40 bits per heavy atom. The quantitative estimate of drug-likeness (QED) is 0.534. The van der Waals surface area contributed by atoms with E-state index in [4.69, 9.17) is 16.3 Å². The fourth-order valence-electron chi connectivity index (χ4n) is 2.12. The molecule has 1 aromatic heterocycles. The van der Waals surface area contributed by atoms with E-state index in [1.807, 2.05) is 24.3 Å². The number of hydrogen-bond donors (Lipinski definition) is 1. The summed E-state index contributed by atoms with van der Waals surface area (Å²) in [5.41, 5.74) is 0.900. The summed E-state index contributed by atoms with van der Waals surface area (Å²) in [5, 5.41) is 14.0. The highest BCUT2D eigenvalue weighted by Gasteiger charge is 2.24. The second-order valence-corrected chi connectivity index (χ2v) is 4.72. The van der Waals surface area contributed by atoms with Crippen LogP contribution in [-0.2, 0) is 0 Å². The van der Waals surface area contributed by atoms with Gasteiger partial charge in [0.05, 0.1) is 23.1 Å². The van der Waals surface area contributed by atoms with Crippen molar-refractivity contribution in [1.82, 2.24) is 4.98 Å². The maximum atomic E-state index is 10.8. The van der Waals surface area contributed by atoms with E-state index in [1.54, 1.807) is 0 Å². The van der Waals surface area contributed by atoms with Crippen LogP contribution in [-0.4, -0.2) is 16.5 Å². The lowest BCUT2D eigenvalue weighted by molar-refractivity contribution is -0.384. The van der Waals surface area contributed by atoms with Gasteiger partial charge in [0.2, 0.25) is 0 Å². The lowest BCUT2D eigenvalue weighted by Gasteiger charge is -2.12. The minimum absolute atomic E-state index is 0.0777. The van der Waals surface area contributed by atoms with Gasteiger partial charge in [0, 0.05) is 5.56 Å². The Balaban J connectivity index is 1.88. The SMILES string of the molecule is O=[N+]([O-])c1cc(Cl)nc(NC2COc3ccccc32)c1. The molecule has 0 saturated heterocycles. The molecule has 0 radical (unpaired) electrons. The van der Waals surface area contributed by atoms with Gasteiger partial charge in [-0.3, -0.25) is 10.1 Å². The number of ether oxygens (including phenoxy) is 1. The Bertz CT molecular complexity index is 678. The number of pyridine rings is 1. The molecule has 3 rings (SSSR count). The minimum Gasteiger partial charge on any atom is -0.491 e. The fourth-order valence-corrected chi connectivity index (χ4v) is 2.33. The number of nitro groups is 1. The van der Waals surface area contributed by atoms with Gasteiger partial charge in [-0.15, -0.1) is 0 Å². The van der Waals surface area contributed by atoms with E-state index in [2.05, 4.69) is 10.3 Å². The zero-order valence-corrected chi connectivity index (χ0v) is 11.0. The zero-order valence-electron chi connectivity index (χ0n) is 10.2. The third-order valence-electron chi connectivity index (χ3n) is 3.01. The first-order valence-electron chi connectivity index (χ1n) is 5.94. The average Bonchev–Trinajstić information content (AvgIpc) is 2.82. The second-order valence-electron chi connectivity index (χ2n) is 4.34. The molecular formula is C13H10ClN3O3. The Kier molecular flexibility index (Phi) is 3.15. The van der Waals surface area contributed by atoms with Crippen LogP contribution in [0.1, 0.15) is 11.6 Å². The zero-order chi connectivity index (χ0) is 14.1. The third-order valence-corrected chi connectivity index (χ3v) is 3.21. The van der Waals surface area contributed by atoms with Gasteiger partial charge in [0.1, 0.15) is 23.3 Å². The first-order valence-corrected chi connectivity index (χ1v) is 6.31. The molecule has 1 aromatic carbocycles. The van der Waals surface area contributed by atoms with E-state index in [0.717, 1.165) is 11.3 Å². The molecule has 1 N–H and O–H groups in total. The number of nitrogens with zero attached hydrogens (tertiary/aromatic N) is 2. The van der Waals surface area contributed by atoms with Crippen molar-refractivity contribution in [1.29, 1.82) is 0 Å². The van der Waals surface area contributed by atoms with Crippen molar-refractivity contribution < 1.29 is 9.66 Å². The van der Waals surface area contributed by atoms with E-state index in [9.17, 15) is 10.1 Å². The summed E-state index contributed by atoms with van der Waals surface area (Å²) >= 11 is 5.79. The van der Waals surface area contributed by atoms with Gasteiger partial charge in [0.15, 0.2) is 0 Å². The van der Waals surface area contributed by atoms with Crippen molar-refractivity contribution in [2.45, 2.75) is 6.04 Å². The summed E-state index contributed by atoms with van der Waals surface area (Å²) in [7, 11) is 0. The maximum Gasteiger partial charge on any atom is 0.276 e. The highest BCUT2D eigenvalue weighted by Crippen LogP contribution is 2.34. The summed E-state index contributed by atoms with van der Waals surface area (Å²) in [6, 6.07) is 10.1. The maximum absolute atomic E-state index is 10.8. The molecule has 0 aliphatic carbocycles. The minimum atomic E-state index is -0.502. The first-order chi connectivity index (χ1) is 9.63. The van der Waals surface area contributed by atoms with Crippen molar-refractivity contribution >= 4 is 23.1 Å². The highest BCUT2D eigenvalue weighted by atomic mass is 35.5. The smallest absolute Gasteiger partial charge is 0.276 e. The lowest BCUT2D eigenvalue weighted by atomic mass is 10.1. The standard InChI is InChI=1S/C13H10ClN3O3/c14-12-5-8(17(18)19)6-13(16-12)15-10-7-20-11-4-2-1-3-9(10)11/h1-6,10H,7H2,(H,15,16). The van der Waals surface area contributed by atoms with Gasteiger partial charge in [-0.05, 0) is 6.07 Å². The van der Waals surface area contributed by atoms with Crippen LogP contribution in [0.4, 0.5) is 11.5 Å². The van der Waals surface area contributed by atoms with Crippen molar-refractivity contribution in [3.63, 3.8) is 0 Å². The Hall–Kier alpha value is -2.34. The van der Waals surface area contributed by atoms with Crippen LogP contribution in [0.25, 0.3) is 0 Å². The Morgan fingerprint density at radius 3 is 3.00 bits per heavy atom. The van der Waals surface area contributed by atoms with Crippen molar-refractivity contribution in [3.05, 3.63) is 57.2 Å². The normalized spacial score (nSPS) is 16.4. The Morgan fingerprint density at radius 2 is 2.20 bits per heavy atom. The molecule has 7 heteroatoms. The van der Waals surface area contributed by atoms with Crippen LogP contribution < -0.4 is 10.1 Å². The van der Waals surface area contributed by atoms with E-state index < -0.39 is 4.92 Å². The monoisotopic (exact) mass is 291 g/mol. The largest absolute Gasteiger partial charge is 0.491 e. The molecule has 0 spiro atoms. The molecule has 102 valence electrons. The first kappa shape index (κ1) is 12.7. The van der Waals surface area contributed by atoms with Crippen LogP contribution >= 0.6 is 11.6 Å². The second kappa shape index (κ2) is 4.97. The van der Waals surface area contributed by atoms with Crippen molar-refractivity contribution in [2.24, 2.45) is 0 Å². The summed E-state index contributed by atoms with van der Waals surface area (Å²) in [4.78, 5) is 14.4.